The number of amides is 1. The molecule has 1 aromatic rings. The first-order valence-corrected chi connectivity index (χ1v) is 11.5. The lowest BCUT2D eigenvalue weighted by atomic mass is 9.98. The molecule has 2 unspecified atom stereocenters. The molecule has 1 amide bonds. The Balaban J connectivity index is 0.00000512. The van der Waals surface area contributed by atoms with Crippen LogP contribution in [0.25, 0.3) is 0 Å². The summed E-state index contributed by atoms with van der Waals surface area (Å²) in [6.07, 6.45) is 2.73. The van der Waals surface area contributed by atoms with Gasteiger partial charge in [0.25, 0.3) is 0 Å². The molecule has 1 aromatic heterocycles. The number of aromatic nitrogens is 2. The maximum absolute atomic E-state index is 12.4. The highest BCUT2D eigenvalue weighted by Crippen LogP contribution is 2.20. The number of carbonyl (C=O) groups is 1. The smallest absolute Gasteiger partial charge is 0.410 e. The first-order chi connectivity index (χ1) is 14.5. The van der Waals surface area contributed by atoms with E-state index >= 15 is 0 Å². The molecule has 0 bridgehead atoms. The molecule has 2 N–H and O–H groups in total. The van der Waals surface area contributed by atoms with E-state index in [9.17, 15) is 4.79 Å². The fraction of sp³-hybridized carbons (Fsp3) is 0.783. The third-order valence-electron chi connectivity index (χ3n) is 5.57. The molecule has 1 fully saturated rings. The number of nitrogens with zero attached hydrogens (tertiary/aromatic N) is 4. The van der Waals surface area contributed by atoms with Gasteiger partial charge in [-0.1, -0.05) is 0 Å². The second-order valence-corrected chi connectivity index (χ2v) is 9.68. The molecular formula is C23H43IN6O2. The van der Waals surface area contributed by atoms with Crippen molar-refractivity contribution in [2.24, 2.45) is 18.0 Å². The van der Waals surface area contributed by atoms with Crippen molar-refractivity contribution in [3.8, 4) is 0 Å². The van der Waals surface area contributed by atoms with Crippen LogP contribution in [-0.4, -0.2) is 64.6 Å². The maximum Gasteiger partial charge on any atom is 0.410 e. The van der Waals surface area contributed by atoms with Crippen molar-refractivity contribution in [2.45, 2.75) is 79.4 Å². The van der Waals surface area contributed by atoms with Crippen LogP contribution in [0.2, 0.25) is 0 Å². The van der Waals surface area contributed by atoms with E-state index in [0.29, 0.717) is 19.0 Å². The minimum Gasteiger partial charge on any atom is -0.444 e. The molecule has 1 aliphatic heterocycles. The zero-order valence-corrected chi connectivity index (χ0v) is 23.4. The number of aliphatic imine (C=N–C) groups is 1. The Morgan fingerprint density at radius 1 is 1.34 bits per heavy atom. The van der Waals surface area contributed by atoms with Crippen LogP contribution >= 0.6 is 24.0 Å². The number of carbonyl (C=O) groups excluding carboxylic acids is 1. The summed E-state index contributed by atoms with van der Waals surface area (Å²) in [7, 11) is 1.99. The SMILES string of the molecule is CCNC(=NCC1CCCN(C(=O)OC(C)(C)C)C1)NC(C)Cc1c(C)nn(C)c1C.I. The maximum atomic E-state index is 12.4. The summed E-state index contributed by atoms with van der Waals surface area (Å²) in [5.41, 5.74) is 3.11. The van der Waals surface area contributed by atoms with E-state index in [2.05, 4.69) is 43.4 Å². The standard InChI is InChI=1S/C23H42N6O2.HI/c1-9-24-21(26-16(2)13-20-17(3)27-28(8)18(20)4)25-14-19-11-10-12-29(15-19)22(30)31-23(5,6)7;/h16,19H,9-15H2,1-8H3,(H2,24,25,26);1H. The van der Waals surface area contributed by atoms with E-state index in [0.717, 1.165) is 44.0 Å². The number of hydrogen-bond donors (Lipinski definition) is 2. The molecule has 0 radical (unpaired) electrons. The molecule has 0 spiro atoms. The van der Waals surface area contributed by atoms with Gasteiger partial charge in [0.2, 0.25) is 0 Å². The molecule has 184 valence electrons. The lowest BCUT2D eigenvalue weighted by molar-refractivity contribution is 0.0170. The van der Waals surface area contributed by atoms with E-state index < -0.39 is 5.60 Å². The second kappa shape index (κ2) is 12.6. The minimum absolute atomic E-state index is 0. The Bertz CT molecular complexity index is 771. The molecule has 2 rings (SSSR count). The number of rotatable bonds is 6. The van der Waals surface area contributed by atoms with Crippen LogP contribution in [0.5, 0.6) is 0 Å². The van der Waals surface area contributed by atoms with Crippen molar-refractivity contribution in [3.05, 3.63) is 17.0 Å². The van der Waals surface area contributed by atoms with Gasteiger partial charge in [0, 0.05) is 45.0 Å². The highest BCUT2D eigenvalue weighted by Gasteiger charge is 2.27. The lowest BCUT2D eigenvalue weighted by Gasteiger charge is -2.33. The molecule has 2 heterocycles. The average Bonchev–Trinajstić information content (AvgIpc) is 2.91. The minimum atomic E-state index is -0.467. The van der Waals surface area contributed by atoms with Gasteiger partial charge in [-0.3, -0.25) is 9.67 Å². The number of aryl methyl sites for hydroxylation is 2. The van der Waals surface area contributed by atoms with Gasteiger partial charge in [-0.25, -0.2) is 4.79 Å². The molecule has 8 nitrogen and oxygen atoms in total. The van der Waals surface area contributed by atoms with E-state index in [-0.39, 0.29) is 36.1 Å². The van der Waals surface area contributed by atoms with Crippen LogP contribution in [0.15, 0.2) is 4.99 Å². The number of ether oxygens (including phenoxy) is 1. The van der Waals surface area contributed by atoms with Gasteiger partial charge in [0.1, 0.15) is 5.60 Å². The van der Waals surface area contributed by atoms with Crippen LogP contribution in [-0.2, 0) is 18.2 Å². The van der Waals surface area contributed by atoms with Gasteiger partial charge in [-0.15, -0.1) is 24.0 Å². The van der Waals surface area contributed by atoms with E-state index in [1.165, 1.54) is 11.3 Å². The van der Waals surface area contributed by atoms with E-state index in [4.69, 9.17) is 9.73 Å². The highest BCUT2D eigenvalue weighted by molar-refractivity contribution is 14.0. The third kappa shape index (κ3) is 8.78. The molecular weight excluding hydrogens is 519 g/mol. The van der Waals surface area contributed by atoms with Crippen molar-refractivity contribution in [1.29, 1.82) is 0 Å². The Morgan fingerprint density at radius 2 is 2.03 bits per heavy atom. The topological polar surface area (TPSA) is 83.8 Å². The van der Waals surface area contributed by atoms with Gasteiger partial charge in [0.05, 0.1) is 5.69 Å². The van der Waals surface area contributed by atoms with Crippen molar-refractivity contribution >= 4 is 36.0 Å². The summed E-state index contributed by atoms with van der Waals surface area (Å²) in [6.45, 7) is 17.1. The summed E-state index contributed by atoms with van der Waals surface area (Å²) in [6, 6.07) is 0.226. The van der Waals surface area contributed by atoms with Crippen molar-refractivity contribution in [1.82, 2.24) is 25.3 Å². The van der Waals surface area contributed by atoms with Crippen molar-refractivity contribution in [2.75, 3.05) is 26.2 Å². The van der Waals surface area contributed by atoms with Gasteiger partial charge in [-0.2, -0.15) is 5.10 Å². The Morgan fingerprint density at radius 3 is 2.59 bits per heavy atom. The second-order valence-electron chi connectivity index (χ2n) is 9.68. The lowest BCUT2D eigenvalue weighted by Crippen LogP contribution is -2.45. The monoisotopic (exact) mass is 562 g/mol. The van der Waals surface area contributed by atoms with Crippen LogP contribution < -0.4 is 10.6 Å². The zero-order chi connectivity index (χ0) is 23.2. The normalized spacial score (nSPS) is 18.1. The summed E-state index contributed by atoms with van der Waals surface area (Å²) in [5, 5.41) is 11.4. The molecule has 0 saturated carbocycles. The fourth-order valence-electron chi connectivity index (χ4n) is 3.95. The number of likely N-dealkylation sites (tertiary alicyclic amines) is 1. The number of halogens is 1. The largest absolute Gasteiger partial charge is 0.444 e. The van der Waals surface area contributed by atoms with Crippen molar-refractivity contribution in [3.63, 3.8) is 0 Å². The number of guanidine groups is 1. The van der Waals surface area contributed by atoms with Crippen LogP contribution in [0.1, 0.15) is 64.4 Å². The number of nitrogens with one attached hydrogen (secondary N) is 2. The number of hydrogen-bond acceptors (Lipinski definition) is 4. The van der Waals surface area contributed by atoms with Crippen LogP contribution in [0.3, 0.4) is 0 Å². The summed E-state index contributed by atoms with van der Waals surface area (Å²) in [5.74, 6) is 1.17. The summed E-state index contributed by atoms with van der Waals surface area (Å²) in [4.78, 5) is 19.1. The molecule has 1 saturated heterocycles. The average molecular weight is 563 g/mol. The Kier molecular flexibility index (Phi) is 11.3. The third-order valence-corrected chi connectivity index (χ3v) is 5.57. The summed E-state index contributed by atoms with van der Waals surface area (Å²) < 4.78 is 7.48. The highest BCUT2D eigenvalue weighted by atomic mass is 127. The Hall–Kier alpha value is -1.52. The van der Waals surface area contributed by atoms with Gasteiger partial charge < -0.3 is 20.3 Å². The van der Waals surface area contributed by atoms with E-state index in [1.54, 1.807) is 0 Å². The number of piperidine rings is 1. The van der Waals surface area contributed by atoms with E-state index in [1.807, 2.05) is 37.4 Å². The molecule has 9 heteroatoms. The molecule has 1 aliphatic rings. The van der Waals surface area contributed by atoms with Crippen LogP contribution in [0.4, 0.5) is 4.79 Å². The molecule has 0 aliphatic carbocycles. The molecule has 2 atom stereocenters. The first-order valence-electron chi connectivity index (χ1n) is 11.5. The van der Waals surface area contributed by atoms with Crippen LogP contribution in [0, 0.1) is 19.8 Å². The molecule has 0 aromatic carbocycles. The predicted molar refractivity (Wildman–Crippen MR) is 141 cm³/mol. The molecule has 32 heavy (non-hydrogen) atoms. The summed E-state index contributed by atoms with van der Waals surface area (Å²) >= 11 is 0. The zero-order valence-electron chi connectivity index (χ0n) is 21.1. The first kappa shape index (κ1) is 28.5. The van der Waals surface area contributed by atoms with Gasteiger partial charge in [0.15, 0.2) is 5.96 Å². The Labute approximate surface area is 211 Å². The van der Waals surface area contributed by atoms with Gasteiger partial charge in [-0.05, 0) is 79.2 Å². The van der Waals surface area contributed by atoms with Gasteiger partial charge >= 0.3 is 6.09 Å². The predicted octanol–water partition coefficient (Wildman–Crippen LogP) is 3.79. The van der Waals surface area contributed by atoms with Crippen molar-refractivity contribution < 1.29 is 9.53 Å². The fourth-order valence-corrected chi connectivity index (χ4v) is 3.95. The quantitative estimate of drug-likeness (QED) is 0.313.